The molecule has 0 amide bonds. The van der Waals surface area contributed by atoms with E-state index < -0.39 is 7.37 Å². The van der Waals surface area contributed by atoms with Crippen molar-refractivity contribution in [1.82, 2.24) is 9.55 Å². The second-order valence-corrected chi connectivity index (χ2v) is 9.87. The summed E-state index contributed by atoms with van der Waals surface area (Å²) in [6.07, 6.45) is 0. The summed E-state index contributed by atoms with van der Waals surface area (Å²) in [7, 11) is -3.33. The second kappa shape index (κ2) is 7.29. The zero-order valence-electron chi connectivity index (χ0n) is 17.2. The van der Waals surface area contributed by atoms with Gasteiger partial charge in [-0.2, -0.15) is 0 Å². The van der Waals surface area contributed by atoms with E-state index in [0.717, 1.165) is 34.5 Å². The molecule has 0 aliphatic carbocycles. The first kappa shape index (κ1) is 19.6. The minimum atomic E-state index is -3.33. The van der Waals surface area contributed by atoms with Gasteiger partial charge in [0.15, 0.2) is 0 Å². The van der Waals surface area contributed by atoms with E-state index in [1.807, 2.05) is 18.2 Å². The maximum absolute atomic E-state index is 12.1. The van der Waals surface area contributed by atoms with E-state index in [4.69, 9.17) is 4.98 Å². The standard InChI is InChI=1S/C24H25N2O2P/c1-5-26-23-13-11-18(29(4,27)28)15-22(23)25-24(26)21-9-7-6-8-20(21)19-12-10-16(2)14-17(19)3/h6-15H,5H2,1-4H3,(H,27,28). The molecular formula is C24H25N2O2P. The Bertz CT molecular complexity index is 1270. The molecule has 0 fully saturated rings. The fourth-order valence-electron chi connectivity index (χ4n) is 3.93. The van der Waals surface area contributed by atoms with Crippen molar-refractivity contribution in [3.05, 3.63) is 71.8 Å². The largest absolute Gasteiger partial charge is 0.341 e. The molecule has 4 rings (SSSR count). The maximum atomic E-state index is 12.1. The number of nitrogens with zero attached hydrogens (tertiary/aromatic N) is 2. The zero-order valence-corrected chi connectivity index (χ0v) is 18.1. The summed E-state index contributed by atoms with van der Waals surface area (Å²) in [6.45, 7) is 8.45. The van der Waals surface area contributed by atoms with E-state index in [9.17, 15) is 9.46 Å². The van der Waals surface area contributed by atoms with Crippen LogP contribution >= 0.6 is 7.37 Å². The fraction of sp³-hybridized carbons (Fsp3) is 0.208. The Balaban J connectivity index is 1.97. The zero-order chi connectivity index (χ0) is 20.8. The predicted octanol–water partition coefficient (Wildman–Crippen LogP) is 5.53. The Kier molecular flexibility index (Phi) is 4.94. The van der Waals surface area contributed by atoms with Gasteiger partial charge in [0.1, 0.15) is 5.82 Å². The summed E-state index contributed by atoms with van der Waals surface area (Å²) in [5.41, 5.74) is 7.56. The van der Waals surface area contributed by atoms with E-state index >= 15 is 0 Å². The number of aryl methyl sites for hydroxylation is 3. The Labute approximate surface area is 171 Å². The van der Waals surface area contributed by atoms with Crippen LogP contribution in [0.25, 0.3) is 33.5 Å². The minimum absolute atomic E-state index is 0.431. The van der Waals surface area contributed by atoms with Crippen LogP contribution in [-0.4, -0.2) is 21.1 Å². The molecule has 1 unspecified atom stereocenters. The lowest BCUT2D eigenvalue weighted by molar-refractivity contribution is 0.496. The molecule has 3 aromatic carbocycles. The first-order valence-corrected chi connectivity index (χ1v) is 11.9. The molecule has 0 saturated heterocycles. The summed E-state index contributed by atoms with van der Waals surface area (Å²) in [4.78, 5) is 14.9. The average Bonchev–Trinajstić information content (AvgIpc) is 3.05. The fourth-order valence-corrected chi connectivity index (χ4v) is 4.64. The first-order valence-electron chi connectivity index (χ1n) is 9.77. The van der Waals surface area contributed by atoms with Crippen molar-refractivity contribution in [1.29, 1.82) is 0 Å². The second-order valence-electron chi connectivity index (χ2n) is 7.60. The molecule has 4 aromatic rings. The number of hydrogen-bond donors (Lipinski definition) is 1. The van der Waals surface area contributed by atoms with E-state index in [1.165, 1.54) is 23.4 Å². The lowest BCUT2D eigenvalue weighted by atomic mass is 9.94. The Hall–Kier alpha value is -2.68. The number of fused-ring (bicyclic) bond motifs is 1. The van der Waals surface area contributed by atoms with Gasteiger partial charge in [0.05, 0.1) is 11.0 Å². The third-order valence-corrected chi connectivity index (χ3v) is 6.60. The Morgan fingerprint density at radius 1 is 0.966 bits per heavy atom. The molecule has 0 radical (unpaired) electrons. The van der Waals surface area contributed by atoms with Gasteiger partial charge in [0.2, 0.25) is 7.37 Å². The van der Waals surface area contributed by atoms with Gasteiger partial charge >= 0.3 is 0 Å². The number of rotatable bonds is 4. The van der Waals surface area contributed by atoms with Crippen LogP contribution in [0.3, 0.4) is 0 Å². The highest BCUT2D eigenvalue weighted by Crippen LogP contribution is 2.37. The van der Waals surface area contributed by atoms with Gasteiger partial charge in [-0.05, 0) is 55.7 Å². The molecular weight excluding hydrogens is 379 g/mol. The monoisotopic (exact) mass is 404 g/mol. The van der Waals surface area contributed by atoms with Crippen molar-refractivity contribution in [2.75, 3.05) is 6.66 Å². The predicted molar refractivity (Wildman–Crippen MR) is 121 cm³/mol. The number of benzene rings is 3. The van der Waals surface area contributed by atoms with E-state index in [2.05, 4.69) is 55.7 Å². The molecule has 1 atom stereocenters. The van der Waals surface area contributed by atoms with Crippen LogP contribution in [-0.2, 0) is 11.1 Å². The molecule has 0 aliphatic heterocycles. The maximum Gasteiger partial charge on any atom is 0.226 e. The van der Waals surface area contributed by atoms with Gasteiger partial charge in [-0.3, -0.25) is 4.57 Å². The van der Waals surface area contributed by atoms with Crippen molar-refractivity contribution in [3.63, 3.8) is 0 Å². The SMILES string of the molecule is CCn1c(-c2ccccc2-c2ccc(C)cc2C)nc2cc(P(C)(=O)O)ccc21. The molecule has 0 saturated carbocycles. The van der Waals surface area contributed by atoms with Crippen LogP contribution in [0.4, 0.5) is 0 Å². The van der Waals surface area contributed by atoms with E-state index in [1.54, 1.807) is 12.1 Å². The van der Waals surface area contributed by atoms with Gasteiger partial charge in [-0.1, -0.05) is 48.0 Å². The van der Waals surface area contributed by atoms with Crippen LogP contribution in [0.15, 0.2) is 60.7 Å². The summed E-state index contributed by atoms with van der Waals surface area (Å²) in [5, 5.41) is 0.431. The van der Waals surface area contributed by atoms with Crippen molar-refractivity contribution >= 4 is 23.7 Å². The van der Waals surface area contributed by atoms with Crippen LogP contribution in [0.2, 0.25) is 0 Å². The third-order valence-electron chi connectivity index (χ3n) is 5.37. The van der Waals surface area contributed by atoms with Crippen LogP contribution in [0.1, 0.15) is 18.1 Å². The van der Waals surface area contributed by atoms with Gasteiger partial charge in [0, 0.05) is 24.1 Å². The molecule has 5 heteroatoms. The smallest absolute Gasteiger partial charge is 0.226 e. The molecule has 0 spiro atoms. The van der Waals surface area contributed by atoms with Crippen LogP contribution < -0.4 is 5.30 Å². The Morgan fingerprint density at radius 2 is 1.69 bits per heavy atom. The highest BCUT2D eigenvalue weighted by molar-refractivity contribution is 7.65. The molecule has 1 aromatic heterocycles. The average molecular weight is 404 g/mol. The van der Waals surface area contributed by atoms with Crippen LogP contribution in [0, 0.1) is 13.8 Å². The molecule has 148 valence electrons. The molecule has 1 heterocycles. The van der Waals surface area contributed by atoms with E-state index in [0.29, 0.717) is 5.30 Å². The minimum Gasteiger partial charge on any atom is -0.341 e. The van der Waals surface area contributed by atoms with Gasteiger partial charge in [0.25, 0.3) is 0 Å². The van der Waals surface area contributed by atoms with E-state index in [-0.39, 0.29) is 0 Å². The topological polar surface area (TPSA) is 55.1 Å². The summed E-state index contributed by atoms with van der Waals surface area (Å²) >= 11 is 0. The van der Waals surface area contributed by atoms with Crippen LogP contribution in [0.5, 0.6) is 0 Å². The summed E-state index contributed by atoms with van der Waals surface area (Å²) in [6, 6.07) is 20.2. The van der Waals surface area contributed by atoms with Gasteiger partial charge in [-0.15, -0.1) is 0 Å². The Morgan fingerprint density at radius 3 is 2.34 bits per heavy atom. The molecule has 1 N–H and O–H groups in total. The molecule has 29 heavy (non-hydrogen) atoms. The molecule has 0 bridgehead atoms. The quantitative estimate of drug-likeness (QED) is 0.455. The number of imidazole rings is 1. The van der Waals surface area contributed by atoms with Crippen molar-refractivity contribution in [3.8, 4) is 22.5 Å². The highest BCUT2D eigenvalue weighted by Gasteiger charge is 2.19. The third kappa shape index (κ3) is 3.55. The highest BCUT2D eigenvalue weighted by atomic mass is 31.2. The molecule has 4 nitrogen and oxygen atoms in total. The van der Waals surface area contributed by atoms with Gasteiger partial charge < -0.3 is 9.46 Å². The summed E-state index contributed by atoms with van der Waals surface area (Å²) in [5.74, 6) is 0.874. The normalized spacial score (nSPS) is 13.6. The summed E-state index contributed by atoms with van der Waals surface area (Å²) < 4.78 is 14.3. The number of aromatic nitrogens is 2. The lowest BCUT2D eigenvalue weighted by Gasteiger charge is -2.14. The molecule has 0 aliphatic rings. The van der Waals surface area contributed by atoms with Crippen molar-refractivity contribution in [2.45, 2.75) is 27.3 Å². The number of hydrogen-bond acceptors (Lipinski definition) is 2. The van der Waals surface area contributed by atoms with Gasteiger partial charge in [-0.25, -0.2) is 4.98 Å². The first-order chi connectivity index (χ1) is 13.8. The lowest BCUT2D eigenvalue weighted by Crippen LogP contribution is -2.03. The van der Waals surface area contributed by atoms with Crippen molar-refractivity contribution < 1.29 is 9.46 Å². The van der Waals surface area contributed by atoms with Crippen molar-refractivity contribution in [2.24, 2.45) is 0 Å².